The number of carbonyl (C=O) groups is 1. The minimum Gasteiger partial charge on any atom is -0.435 e. The highest BCUT2D eigenvalue weighted by Crippen LogP contribution is 2.37. The van der Waals surface area contributed by atoms with E-state index in [1.807, 2.05) is 0 Å². The lowest BCUT2D eigenvalue weighted by Crippen LogP contribution is -2.53. The molecule has 0 radical (unpaired) electrons. The van der Waals surface area contributed by atoms with Gasteiger partial charge in [-0.1, -0.05) is 20.8 Å². The van der Waals surface area contributed by atoms with Crippen molar-refractivity contribution in [3.05, 3.63) is 0 Å². The first-order valence-corrected chi connectivity index (χ1v) is 11.4. The molecule has 0 saturated carbocycles. The maximum Gasteiger partial charge on any atom is 0.313 e. The Labute approximate surface area is 146 Å². The van der Waals surface area contributed by atoms with E-state index in [9.17, 15) is 15.0 Å². The number of carbonyl (C=O) groups excluding carboxylic acids is 1. The number of esters is 1. The van der Waals surface area contributed by atoms with E-state index < -0.39 is 44.3 Å². The maximum absolute atomic E-state index is 12.0. The second-order valence-electron chi connectivity index (χ2n) is 9.12. The Hall–Kier alpha value is -0.473. The molecule has 142 valence electrons. The number of ether oxygens (including phenoxy) is 2. The van der Waals surface area contributed by atoms with Crippen molar-refractivity contribution in [1.29, 1.82) is 0 Å². The predicted octanol–water partition coefficient (Wildman–Crippen LogP) is 2.43. The molecule has 1 rings (SSSR count). The van der Waals surface area contributed by atoms with Gasteiger partial charge < -0.3 is 24.1 Å². The van der Waals surface area contributed by atoms with Crippen LogP contribution in [0.1, 0.15) is 48.0 Å². The van der Waals surface area contributed by atoms with Crippen molar-refractivity contribution in [2.45, 2.75) is 90.7 Å². The quantitative estimate of drug-likeness (QED) is 0.590. The van der Waals surface area contributed by atoms with Gasteiger partial charge >= 0.3 is 5.97 Å². The van der Waals surface area contributed by atoms with E-state index in [1.165, 1.54) is 0 Å². The van der Waals surface area contributed by atoms with E-state index in [-0.39, 0.29) is 18.1 Å². The number of hydrogen-bond acceptors (Lipinski definition) is 6. The summed E-state index contributed by atoms with van der Waals surface area (Å²) in [7, 11) is -2.00. The molecule has 0 unspecified atom stereocenters. The number of rotatable bonds is 4. The second kappa shape index (κ2) is 7.41. The first kappa shape index (κ1) is 21.6. The summed E-state index contributed by atoms with van der Waals surface area (Å²) < 4.78 is 17.1. The Bertz CT molecular complexity index is 437. The first-order valence-electron chi connectivity index (χ1n) is 8.52. The van der Waals surface area contributed by atoms with Crippen LogP contribution in [0.4, 0.5) is 0 Å². The van der Waals surface area contributed by atoms with Gasteiger partial charge in [0.1, 0.15) is 12.2 Å². The Morgan fingerprint density at radius 1 is 1.17 bits per heavy atom. The van der Waals surface area contributed by atoms with Gasteiger partial charge in [-0.3, -0.25) is 4.79 Å². The SMILES string of the molecule is CC(C)(C)C(=O)O[C@@H]1C[C@@H](O)[C@@H](O)[C@@H](CO[Si](C)(C)C(C)(C)C)O1. The summed E-state index contributed by atoms with van der Waals surface area (Å²) in [6.07, 6.45) is -3.60. The van der Waals surface area contributed by atoms with E-state index in [2.05, 4.69) is 33.9 Å². The number of aliphatic hydroxyl groups excluding tert-OH is 2. The molecule has 1 aliphatic rings. The highest BCUT2D eigenvalue weighted by atomic mass is 28.4. The average molecular weight is 363 g/mol. The lowest BCUT2D eigenvalue weighted by Gasteiger charge is -2.41. The molecular weight excluding hydrogens is 328 g/mol. The van der Waals surface area contributed by atoms with Crippen molar-refractivity contribution in [3.8, 4) is 0 Å². The third-order valence-corrected chi connectivity index (χ3v) is 9.30. The van der Waals surface area contributed by atoms with Crippen LogP contribution in [-0.4, -0.2) is 55.7 Å². The smallest absolute Gasteiger partial charge is 0.313 e. The molecule has 0 bridgehead atoms. The van der Waals surface area contributed by atoms with Crippen molar-refractivity contribution >= 4 is 14.3 Å². The minimum absolute atomic E-state index is 0.0311. The highest BCUT2D eigenvalue weighted by molar-refractivity contribution is 6.74. The van der Waals surface area contributed by atoms with Gasteiger partial charge in [0.05, 0.1) is 18.1 Å². The molecule has 0 aromatic rings. The summed E-state index contributed by atoms with van der Waals surface area (Å²) in [6.45, 7) is 16.0. The van der Waals surface area contributed by atoms with Crippen molar-refractivity contribution in [2.24, 2.45) is 5.41 Å². The van der Waals surface area contributed by atoms with Crippen LogP contribution in [-0.2, 0) is 18.7 Å². The molecule has 0 spiro atoms. The van der Waals surface area contributed by atoms with Crippen LogP contribution < -0.4 is 0 Å². The van der Waals surface area contributed by atoms with E-state index in [0.29, 0.717) is 0 Å². The van der Waals surface area contributed by atoms with E-state index in [1.54, 1.807) is 20.8 Å². The molecule has 24 heavy (non-hydrogen) atoms. The first-order chi connectivity index (χ1) is 10.6. The van der Waals surface area contributed by atoms with Gasteiger partial charge in [0.15, 0.2) is 8.32 Å². The summed E-state index contributed by atoms with van der Waals surface area (Å²) in [6, 6.07) is 0. The van der Waals surface area contributed by atoms with E-state index >= 15 is 0 Å². The Morgan fingerprint density at radius 3 is 2.17 bits per heavy atom. The summed E-state index contributed by atoms with van der Waals surface area (Å²) in [4.78, 5) is 12.0. The van der Waals surface area contributed by atoms with Crippen molar-refractivity contribution in [3.63, 3.8) is 0 Å². The van der Waals surface area contributed by atoms with Crippen LogP contribution in [0.2, 0.25) is 18.1 Å². The van der Waals surface area contributed by atoms with Crippen molar-refractivity contribution in [1.82, 2.24) is 0 Å². The van der Waals surface area contributed by atoms with E-state index in [0.717, 1.165) is 0 Å². The fourth-order valence-electron chi connectivity index (χ4n) is 1.93. The van der Waals surface area contributed by atoms with Gasteiger partial charge in [-0.25, -0.2) is 0 Å². The summed E-state index contributed by atoms with van der Waals surface area (Å²) in [5.74, 6) is -0.403. The van der Waals surface area contributed by atoms with Gasteiger partial charge in [0.25, 0.3) is 0 Å². The van der Waals surface area contributed by atoms with Crippen LogP contribution in [0.3, 0.4) is 0 Å². The maximum atomic E-state index is 12.0. The Kier molecular flexibility index (Phi) is 6.66. The highest BCUT2D eigenvalue weighted by Gasteiger charge is 2.43. The van der Waals surface area contributed by atoms with Gasteiger partial charge in [-0.2, -0.15) is 0 Å². The Balaban J connectivity index is 2.71. The van der Waals surface area contributed by atoms with Gasteiger partial charge in [-0.15, -0.1) is 0 Å². The van der Waals surface area contributed by atoms with Crippen LogP contribution in [0.25, 0.3) is 0 Å². The summed E-state index contributed by atoms with van der Waals surface area (Å²) in [5.41, 5.74) is -0.655. The van der Waals surface area contributed by atoms with Crippen molar-refractivity contribution < 1.29 is 28.9 Å². The standard InChI is InChI=1S/C17H34O6Si/c1-16(2,3)15(20)23-13-9-11(18)14(19)12(22-13)10-21-24(7,8)17(4,5)6/h11-14,18-19H,9-10H2,1-8H3/t11-,12-,13-,14-/m1/s1. The summed E-state index contributed by atoms with van der Waals surface area (Å²) in [5, 5.41) is 20.3. The fourth-order valence-corrected chi connectivity index (χ4v) is 2.95. The lowest BCUT2D eigenvalue weighted by atomic mass is 9.97. The minimum atomic E-state index is -2.00. The number of aliphatic hydroxyl groups is 2. The van der Waals surface area contributed by atoms with Gasteiger partial charge in [0, 0.05) is 6.42 Å². The van der Waals surface area contributed by atoms with Gasteiger partial charge in [-0.05, 0) is 38.9 Å². The molecule has 1 fully saturated rings. The van der Waals surface area contributed by atoms with Gasteiger partial charge in [0.2, 0.25) is 6.29 Å². The molecular formula is C17H34O6Si. The van der Waals surface area contributed by atoms with Crippen LogP contribution in [0.15, 0.2) is 0 Å². The molecule has 0 aromatic heterocycles. The van der Waals surface area contributed by atoms with Crippen LogP contribution in [0.5, 0.6) is 0 Å². The molecule has 1 heterocycles. The van der Waals surface area contributed by atoms with Crippen LogP contribution in [0, 0.1) is 5.41 Å². The van der Waals surface area contributed by atoms with E-state index in [4.69, 9.17) is 13.9 Å². The molecule has 0 amide bonds. The normalized spacial score (nSPS) is 29.4. The largest absolute Gasteiger partial charge is 0.435 e. The monoisotopic (exact) mass is 362 g/mol. The molecule has 0 aliphatic carbocycles. The number of hydrogen-bond donors (Lipinski definition) is 2. The second-order valence-corrected chi connectivity index (χ2v) is 13.9. The average Bonchev–Trinajstić information content (AvgIpc) is 2.38. The third-order valence-electron chi connectivity index (χ3n) is 4.80. The van der Waals surface area contributed by atoms with Crippen LogP contribution >= 0.6 is 0 Å². The molecule has 7 heteroatoms. The third kappa shape index (κ3) is 5.52. The topological polar surface area (TPSA) is 85.2 Å². The summed E-state index contributed by atoms with van der Waals surface area (Å²) >= 11 is 0. The molecule has 2 N–H and O–H groups in total. The van der Waals surface area contributed by atoms with Crippen molar-refractivity contribution in [2.75, 3.05) is 6.61 Å². The zero-order chi connectivity index (χ0) is 18.9. The molecule has 4 atom stereocenters. The fraction of sp³-hybridized carbons (Fsp3) is 0.941. The Morgan fingerprint density at radius 2 is 1.71 bits per heavy atom. The predicted molar refractivity (Wildman–Crippen MR) is 94.0 cm³/mol. The molecule has 1 aliphatic heterocycles. The molecule has 1 saturated heterocycles. The molecule has 6 nitrogen and oxygen atoms in total. The zero-order valence-corrected chi connectivity index (χ0v) is 17.3. The molecule has 0 aromatic carbocycles. The zero-order valence-electron chi connectivity index (χ0n) is 16.3. The lowest BCUT2D eigenvalue weighted by molar-refractivity contribution is -0.253.